The second kappa shape index (κ2) is 9.84. The van der Waals surface area contributed by atoms with Crippen LogP contribution in [0, 0.1) is 5.92 Å². The van der Waals surface area contributed by atoms with E-state index in [0.717, 1.165) is 47.3 Å². The lowest BCUT2D eigenvalue weighted by atomic mass is 9.86. The van der Waals surface area contributed by atoms with Crippen molar-refractivity contribution in [3.8, 4) is 17.2 Å². The number of aliphatic hydroxyl groups excluding tert-OH is 1. The molecule has 1 unspecified atom stereocenters. The molecule has 1 saturated carbocycles. The summed E-state index contributed by atoms with van der Waals surface area (Å²) in [5.74, 6) is 1.79. The van der Waals surface area contributed by atoms with Crippen molar-refractivity contribution >= 4 is 27.8 Å². The number of phenolic OH excluding ortho intramolecular Hbond substituents is 1. The van der Waals surface area contributed by atoms with Gasteiger partial charge >= 0.3 is 0 Å². The molecule has 3 N–H and O–H groups in total. The molecule has 0 amide bonds. The summed E-state index contributed by atoms with van der Waals surface area (Å²) in [7, 11) is -4.41. The van der Waals surface area contributed by atoms with E-state index >= 15 is 0 Å². The highest BCUT2D eigenvalue weighted by atomic mass is 28.4. The van der Waals surface area contributed by atoms with Crippen molar-refractivity contribution in [2.24, 2.45) is 5.92 Å². The van der Waals surface area contributed by atoms with Crippen molar-refractivity contribution in [3.05, 3.63) is 53.1 Å². The summed E-state index contributed by atoms with van der Waals surface area (Å²) in [5, 5.41) is 22.4. The van der Waals surface area contributed by atoms with E-state index < -0.39 is 22.7 Å². The van der Waals surface area contributed by atoms with E-state index in [9.17, 15) is 15.0 Å². The lowest BCUT2D eigenvalue weighted by molar-refractivity contribution is 0.207. The van der Waals surface area contributed by atoms with Crippen LogP contribution in [0.1, 0.15) is 64.2 Å². The highest BCUT2D eigenvalue weighted by Crippen LogP contribution is 2.48. The first kappa shape index (κ1) is 28.9. The maximum Gasteiger partial charge on any atom is 0.250 e. The second-order valence-electron chi connectivity index (χ2n) is 14.0. The minimum atomic E-state index is -2.36. The predicted octanol–water partition coefficient (Wildman–Crippen LogP) is 7.37. The zero-order valence-electron chi connectivity index (χ0n) is 24.6. The van der Waals surface area contributed by atoms with E-state index in [-0.39, 0.29) is 28.4 Å². The monoisotopic (exact) mass is 554 g/mol. The molecule has 1 heterocycles. The molecule has 1 aliphatic carbocycles. The Morgan fingerprint density at radius 1 is 0.974 bits per heavy atom. The summed E-state index contributed by atoms with van der Waals surface area (Å²) in [6.07, 6.45) is 2.15. The van der Waals surface area contributed by atoms with Crippen molar-refractivity contribution in [2.75, 3.05) is 6.61 Å². The minimum absolute atomic E-state index is 0.0511. The number of aliphatic hydroxyl groups is 1. The van der Waals surface area contributed by atoms with Gasteiger partial charge in [-0.1, -0.05) is 46.8 Å². The Kier molecular flexibility index (Phi) is 7.49. The van der Waals surface area contributed by atoms with Crippen molar-refractivity contribution in [1.29, 1.82) is 0 Å². The normalized spacial score (nSPS) is 17.7. The molecule has 38 heavy (non-hydrogen) atoms. The van der Waals surface area contributed by atoms with Gasteiger partial charge < -0.3 is 24.2 Å². The fourth-order valence-electron chi connectivity index (χ4n) is 4.62. The third kappa shape index (κ3) is 5.76. The van der Waals surface area contributed by atoms with Crippen LogP contribution in [0.5, 0.6) is 17.2 Å². The van der Waals surface area contributed by atoms with Gasteiger partial charge in [-0.15, -0.1) is 0 Å². The van der Waals surface area contributed by atoms with E-state index in [1.807, 2.05) is 31.3 Å². The summed E-state index contributed by atoms with van der Waals surface area (Å²) in [5.41, 5.74) is 4.34. The third-order valence-electron chi connectivity index (χ3n) is 9.17. The molecule has 0 saturated heterocycles. The van der Waals surface area contributed by atoms with Gasteiger partial charge in [0, 0.05) is 22.8 Å². The Balaban J connectivity index is 1.72. The fraction of sp³-hybridized carbons (Fsp3) is 0.548. The number of fused-ring (bicyclic) bond motifs is 1. The number of ether oxygens (including phenoxy) is 1. The first-order valence-electron chi connectivity index (χ1n) is 13.8. The zero-order chi connectivity index (χ0) is 28.3. The lowest BCUT2D eigenvalue weighted by Crippen LogP contribution is -2.43. The highest BCUT2D eigenvalue weighted by molar-refractivity contribution is 6.74. The van der Waals surface area contributed by atoms with Gasteiger partial charge in [0.05, 0.1) is 6.10 Å². The molecule has 1 atom stereocenters. The zero-order valence-corrected chi connectivity index (χ0v) is 26.6. The van der Waals surface area contributed by atoms with Crippen LogP contribution in [0.4, 0.5) is 0 Å². The average molecular weight is 555 g/mol. The second-order valence-corrected chi connectivity index (χ2v) is 23.2. The molecule has 2 aromatic rings. The van der Waals surface area contributed by atoms with Gasteiger partial charge in [-0.25, -0.2) is 0 Å². The van der Waals surface area contributed by atoms with Gasteiger partial charge in [-0.2, -0.15) is 0 Å². The van der Waals surface area contributed by atoms with E-state index in [1.165, 1.54) is 0 Å². The first-order valence-corrected chi connectivity index (χ1v) is 19.7. The van der Waals surface area contributed by atoms with Gasteiger partial charge in [0.15, 0.2) is 8.32 Å². The molecule has 0 bridgehead atoms. The van der Waals surface area contributed by atoms with Crippen LogP contribution in [-0.2, 0) is 6.42 Å². The average Bonchev–Trinajstić information content (AvgIpc) is 3.61. The van der Waals surface area contributed by atoms with Crippen LogP contribution in [0.2, 0.25) is 36.3 Å². The van der Waals surface area contributed by atoms with Crippen LogP contribution < -0.4 is 9.16 Å². The SMILES string of the molecule is CC(C)(Cc1ccc2c(c1)OCC(c1ccc(O[Si](C)(C)C(C)(C)C)cc1O)=C2C(O)C1CC1)[Si](C)(C)O. The maximum atomic E-state index is 11.4. The van der Waals surface area contributed by atoms with Gasteiger partial charge in [0.25, 0.3) is 0 Å². The number of aromatic hydroxyl groups is 1. The van der Waals surface area contributed by atoms with Gasteiger partial charge in [-0.05, 0) is 90.8 Å². The van der Waals surface area contributed by atoms with Crippen molar-refractivity contribution in [1.82, 2.24) is 0 Å². The molecule has 0 spiro atoms. The van der Waals surface area contributed by atoms with E-state index in [2.05, 4.69) is 59.8 Å². The van der Waals surface area contributed by atoms with Crippen LogP contribution in [-0.4, -0.2) is 44.4 Å². The number of hydrogen-bond donors (Lipinski definition) is 3. The molecule has 208 valence electrons. The van der Waals surface area contributed by atoms with Crippen LogP contribution in [0.25, 0.3) is 11.1 Å². The molecule has 0 radical (unpaired) electrons. The summed E-state index contributed by atoms with van der Waals surface area (Å²) in [6, 6.07) is 11.7. The summed E-state index contributed by atoms with van der Waals surface area (Å²) >= 11 is 0. The first-order chi connectivity index (χ1) is 17.4. The lowest BCUT2D eigenvalue weighted by Gasteiger charge is -2.36. The molecule has 0 aromatic heterocycles. The standard InChI is InChI=1S/C31H46O5Si2/c1-30(2,3)38(8,9)36-22-13-15-23(26(32)17-22)25-19-35-27-16-20(18-31(4,5)37(6,7)34)10-14-24(27)28(25)29(33)21-11-12-21/h10,13-17,21,29,32-34H,11-12,18-19H2,1-9H3. The quantitative estimate of drug-likeness (QED) is 0.297. The Morgan fingerprint density at radius 2 is 1.61 bits per heavy atom. The molecular formula is C31H46O5Si2. The van der Waals surface area contributed by atoms with E-state index in [1.54, 1.807) is 6.07 Å². The molecular weight excluding hydrogens is 509 g/mol. The van der Waals surface area contributed by atoms with Crippen molar-refractivity contribution < 1.29 is 24.2 Å². The molecule has 2 aliphatic rings. The Bertz CT molecular complexity index is 1230. The van der Waals surface area contributed by atoms with Gasteiger partial charge in [0.2, 0.25) is 8.32 Å². The summed E-state index contributed by atoms with van der Waals surface area (Å²) in [4.78, 5) is 10.8. The Labute approximate surface area is 230 Å². The fourth-order valence-corrected chi connectivity index (χ4v) is 6.28. The van der Waals surface area contributed by atoms with Gasteiger partial charge in [-0.3, -0.25) is 0 Å². The third-order valence-corrected chi connectivity index (χ3v) is 17.0. The van der Waals surface area contributed by atoms with E-state index in [4.69, 9.17) is 9.16 Å². The number of rotatable bonds is 8. The van der Waals surface area contributed by atoms with Crippen molar-refractivity contribution in [2.45, 2.75) is 96.2 Å². The largest absolute Gasteiger partial charge is 0.543 e. The molecule has 4 rings (SSSR count). The predicted molar refractivity (Wildman–Crippen MR) is 161 cm³/mol. The summed E-state index contributed by atoms with van der Waals surface area (Å²) < 4.78 is 12.7. The number of hydrogen-bond acceptors (Lipinski definition) is 5. The van der Waals surface area contributed by atoms with Crippen LogP contribution in [0.15, 0.2) is 36.4 Å². The highest BCUT2D eigenvalue weighted by Gasteiger charge is 2.41. The molecule has 7 heteroatoms. The Hall–Kier alpha value is -2.07. The summed E-state index contributed by atoms with van der Waals surface area (Å²) in [6.45, 7) is 19.5. The van der Waals surface area contributed by atoms with Crippen LogP contribution >= 0.6 is 0 Å². The maximum absolute atomic E-state index is 11.4. The van der Waals surface area contributed by atoms with E-state index in [0.29, 0.717) is 11.3 Å². The van der Waals surface area contributed by atoms with Crippen molar-refractivity contribution in [3.63, 3.8) is 0 Å². The van der Waals surface area contributed by atoms with Crippen LogP contribution in [0.3, 0.4) is 0 Å². The Morgan fingerprint density at radius 3 is 2.16 bits per heavy atom. The molecule has 1 aliphatic heterocycles. The molecule has 5 nitrogen and oxygen atoms in total. The topological polar surface area (TPSA) is 79.2 Å². The van der Waals surface area contributed by atoms with Gasteiger partial charge in [0.1, 0.15) is 23.9 Å². The minimum Gasteiger partial charge on any atom is -0.543 e. The molecule has 2 aromatic carbocycles. The molecule has 1 fully saturated rings. The number of benzene rings is 2. The smallest absolute Gasteiger partial charge is 0.250 e. The number of phenols is 1.